The lowest BCUT2D eigenvalue weighted by Gasteiger charge is -2.31. The predicted molar refractivity (Wildman–Crippen MR) is 57.1 cm³/mol. The van der Waals surface area contributed by atoms with Crippen molar-refractivity contribution in [3.05, 3.63) is 0 Å². The minimum Gasteiger partial charge on any atom is -0.396 e. The summed E-state index contributed by atoms with van der Waals surface area (Å²) in [4.78, 5) is 0. The Morgan fingerprint density at radius 2 is 2.07 bits per heavy atom. The molecule has 1 rings (SSSR count). The van der Waals surface area contributed by atoms with Gasteiger partial charge in [0.1, 0.15) is 0 Å². The summed E-state index contributed by atoms with van der Waals surface area (Å²) in [5.41, 5.74) is 0. The van der Waals surface area contributed by atoms with Crippen molar-refractivity contribution < 1.29 is 10.2 Å². The lowest BCUT2D eigenvalue weighted by atomic mass is 9.85. The van der Waals surface area contributed by atoms with E-state index in [1.165, 1.54) is 12.8 Å². The summed E-state index contributed by atoms with van der Waals surface area (Å²) in [7, 11) is 0. The van der Waals surface area contributed by atoms with Crippen LogP contribution in [0.5, 0.6) is 0 Å². The third-order valence-corrected chi connectivity index (χ3v) is 3.23. The van der Waals surface area contributed by atoms with Crippen molar-refractivity contribution >= 4 is 0 Å². The van der Waals surface area contributed by atoms with Gasteiger partial charge in [-0.3, -0.25) is 0 Å². The molecule has 0 aromatic heterocycles. The zero-order chi connectivity index (χ0) is 10.4. The van der Waals surface area contributed by atoms with E-state index in [9.17, 15) is 10.2 Å². The molecule has 3 unspecified atom stereocenters. The highest BCUT2D eigenvalue weighted by Crippen LogP contribution is 2.23. The Morgan fingerprint density at radius 1 is 1.36 bits per heavy atom. The lowest BCUT2D eigenvalue weighted by Crippen LogP contribution is -2.43. The minimum absolute atomic E-state index is 0.240. The fourth-order valence-electron chi connectivity index (χ4n) is 2.13. The van der Waals surface area contributed by atoms with Gasteiger partial charge in [-0.05, 0) is 25.2 Å². The van der Waals surface area contributed by atoms with Gasteiger partial charge < -0.3 is 15.5 Å². The fraction of sp³-hybridized carbons (Fsp3) is 1.00. The van der Waals surface area contributed by atoms with Crippen molar-refractivity contribution in [2.45, 2.75) is 51.2 Å². The average molecular weight is 201 g/mol. The Balaban J connectivity index is 2.26. The lowest BCUT2D eigenvalue weighted by molar-refractivity contribution is 0.125. The van der Waals surface area contributed by atoms with Gasteiger partial charge >= 0.3 is 0 Å². The van der Waals surface area contributed by atoms with Crippen molar-refractivity contribution in [1.29, 1.82) is 0 Å². The van der Waals surface area contributed by atoms with Gasteiger partial charge in [0.2, 0.25) is 0 Å². The van der Waals surface area contributed by atoms with Crippen molar-refractivity contribution in [3.8, 4) is 0 Å². The van der Waals surface area contributed by atoms with Crippen molar-refractivity contribution in [2.75, 3.05) is 13.2 Å². The van der Waals surface area contributed by atoms with Crippen molar-refractivity contribution in [2.24, 2.45) is 5.92 Å². The minimum atomic E-state index is -0.240. The third kappa shape index (κ3) is 3.56. The quantitative estimate of drug-likeness (QED) is 0.619. The molecule has 14 heavy (non-hydrogen) atoms. The second-order valence-electron chi connectivity index (χ2n) is 4.30. The molecule has 0 aromatic carbocycles. The molecule has 3 heteroatoms. The van der Waals surface area contributed by atoms with Crippen LogP contribution in [0, 0.1) is 5.92 Å². The number of hydrogen-bond donors (Lipinski definition) is 3. The molecule has 3 N–H and O–H groups in total. The van der Waals surface area contributed by atoms with E-state index in [0.717, 1.165) is 19.3 Å². The Kier molecular flexibility index (Phi) is 5.45. The van der Waals surface area contributed by atoms with Crippen LogP contribution in [0.15, 0.2) is 0 Å². The van der Waals surface area contributed by atoms with Gasteiger partial charge in [-0.15, -0.1) is 0 Å². The molecule has 84 valence electrons. The second kappa shape index (κ2) is 6.38. The summed E-state index contributed by atoms with van der Waals surface area (Å²) in [5.74, 6) is 0.396. The van der Waals surface area contributed by atoms with Crippen molar-refractivity contribution in [1.82, 2.24) is 5.32 Å². The van der Waals surface area contributed by atoms with Crippen LogP contribution in [0.3, 0.4) is 0 Å². The molecular weight excluding hydrogens is 178 g/mol. The average Bonchev–Trinajstić information content (AvgIpc) is 2.26. The molecule has 0 bridgehead atoms. The Bertz CT molecular complexity index is 152. The van der Waals surface area contributed by atoms with Crippen LogP contribution in [0.2, 0.25) is 0 Å². The molecule has 0 aromatic rings. The van der Waals surface area contributed by atoms with Crippen LogP contribution < -0.4 is 5.32 Å². The highest BCUT2D eigenvalue weighted by Gasteiger charge is 2.24. The molecule has 1 saturated carbocycles. The molecule has 1 fully saturated rings. The van der Waals surface area contributed by atoms with Crippen LogP contribution in [0.4, 0.5) is 0 Å². The number of aliphatic hydroxyl groups excluding tert-OH is 2. The van der Waals surface area contributed by atoms with Crippen LogP contribution in [0.25, 0.3) is 0 Å². The number of rotatable bonds is 5. The number of aliphatic hydroxyl groups is 2. The smallest absolute Gasteiger partial charge is 0.0662 e. The van der Waals surface area contributed by atoms with Crippen LogP contribution in [0.1, 0.15) is 39.0 Å². The molecule has 0 saturated heterocycles. The van der Waals surface area contributed by atoms with Crippen molar-refractivity contribution in [3.63, 3.8) is 0 Å². The van der Waals surface area contributed by atoms with Gasteiger partial charge in [-0.25, -0.2) is 0 Å². The van der Waals surface area contributed by atoms with Gasteiger partial charge in [0, 0.05) is 19.2 Å². The molecule has 0 amide bonds. The Labute approximate surface area is 86.5 Å². The molecule has 0 heterocycles. The van der Waals surface area contributed by atoms with E-state index in [1.54, 1.807) is 0 Å². The zero-order valence-corrected chi connectivity index (χ0v) is 9.08. The normalized spacial score (nSPS) is 30.2. The largest absolute Gasteiger partial charge is 0.396 e. The first kappa shape index (κ1) is 12.0. The summed E-state index contributed by atoms with van der Waals surface area (Å²) in [6.07, 6.45) is 5.30. The monoisotopic (exact) mass is 201 g/mol. The van der Waals surface area contributed by atoms with E-state index in [0.29, 0.717) is 18.5 Å². The summed E-state index contributed by atoms with van der Waals surface area (Å²) in [6.45, 7) is 2.92. The molecule has 1 aliphatic carbocycles. The maximum Gasteiger partial charge on any atom is 0.0662 e. The Hall–Kier alpha value is -0.120. The summed E-state index contributed by atoms with van der Waals surface area (Å²) in [6, 6.07) is 0.412. The maximum absolute atomic E-state index is 9.42. The van der Waals surface area contributed by atoms with E-state index in [4.69, 9.17) is 0 Å². The highest BCUT2D eigenvalue weighted by molar-refractivity contribution is 4.81. The first-order valence-electron chi connectivity index (χ1n) is 5.80. The predicted octanol–water partition coefficient (Wildman–Crippen LogP) is 0.898. The van der Waals surface area contributed by atoms with E-state index in [2.05, 4.69) is 5.32 Å². The van der Waals surface area contributed by atoms with Gasteiger partial charge in [-0.2, -0.15) is 0 Å². The SMILES string of the molecule is CCC(O)CNC1CCCCC1CO. The first-order chi connectivity index (χ1) is 6.77. The molecule has 0 aliphatic heterocycles. The first-order valence-corrected chi connectivity index (χ1v) is 5.80. The topological polar surface area (TPSA) is 52.5 Å². The van der Waals surface area contributed by atoms with E-state index < -0.39 is 0 Å². The maximum atomic E-state index is 9.42. The standard InChI is InChI=1S/C11H23NO2/c1-2-10(14)7-12-11-6-4-3-5-9(11)8-13/h9-14H,2-8H2,1H3. The summed E-state index contributed by atoms with van der Waals surface area (Å²) in [5, 5.41) is 22.0. The molecule has 0 radical (unpaired) electrons. The molecule has 3 nitrogen and oxygen atoms in total. The zero-order valence-electron chi connectivity index (χ0n) is 9.08. The third-order valence-electron chi connectivity index (χ3n) is 3.23. The summed E-state index contributed by atoms with van der Waals surface area (Å²) < 4.78 is 0. The fourth-order valence-corrected chi connectivity index (χ4v) is 2.13. The molecular formula is C11H23NO2. The van der Waals surface area contributed by atoms with Gasteiger partial charge in [0.15, 0.2) is 0 Å². The molecule has 3 atom stereocenters. The van der Waals surface area contributed by atoms with Crippen LogP contribution in [-0.4, -0.2) is 35.5 Å². The van der Waals surface area contributed by atoms with Crippen LogP contribution in [-0.2, 0) is 0 Å². The molecule has 1 aliphatic rings. The number of nitrogens with one attached hydrogen (secondary N) is 1. The van der Waals surface area contributed by atoms with E-state index in [-0.39, 0.29) is 12.7 Å². The van der Waals surface area contributed by atoms with E-state index >= 15 is 0 Å². The van der Waals surface area contributed by atoms with Gasteiger partial charge in [-0.1, -0.05) is 19.8 Å². The van der Waals surface area contributed by atoms with Gasteiger partial charge in [0.05, 0.1) is 6.10 Å². The van der Waals surface area contributed by atoms with Crippen LogP contribution >= 0.6 is 0 Å². The Morgan fingerprint density at radius 3 is 2.71 bits per heavy atom. The summed E-state index contributed by atoms with van der Waals surface area (Å²) >= 11 is 0. The van der Waals surface area contributed by atoms with E-state index in [1.807, 2.05) is 6.92 Å². The highest BCUT2D eigenvalue weighted by atomic mass is 16.3. The number of hydrogen-bond acceptors (Lipinski definition) is 3. The molecule has 0 spiro atoms. The second-order valence-corrected chi connectivity index (χ2v) is 4.30. The van der Waals surface area contributed by atoms with Gasteiger partial charge in [0.25, 0.3) is 0 Å².